The predicted molar refractivity (Wildman–Crippen MR) is 39.1 cm³/mol. The molecule has 0 bridgehead atoms. The number of nitrogens with zero attached hydrogens (tertiary/aromatic N) is 1. The number of rotatable bonds is 0. The Morgan fingerprint density at radius 3 is 3.00 bits per heavy atom. The molecule has 4 heteroatoms. The zero-order valence-electron chi connectivity index (χ0n) is 5.88. The minimum Gasteiger partial charge on any atom is -0.502 e. The normalized spacial score (nSPS) is 8.45. The van der Waals surface area contributed by atoms with Crippen molar-refractivity contribution < 1.29 is 5.11 Å². The first kappa shape index (κ1) is 7.35. The molecule has 1 rings (SSSR count). The Morgan fingerprint density at radius 2 is 2.45 bits per heavy atom. The second-order valence-electron chi connectivity index (χ2n) is 1.82. The van der Waals surface area contributed by atoms with Crippen molar-refractivity contribution in [1.82, 2.24) is 9.97 Å². The van der Waals surface area contributed by atoms with Gasteiger partial charge < -0.3 is 5.11 Å². The van der Waals surface area contributed by atoms with Crippen molar-refractivity contribution in [2.75, 3.05) is 0 Å². The Labute approximate surface area is 62.9 Å². The van der Waals surface area contributed by atoms with Crippen LogP contribution in [-0.2, 0) is 0 Å². The van der Waals surface area contributed by atoms with E-state index in [0.29, 0.717) is 0 Å². The fraction of sp³-hybridized carbons (Fsp3) is 0.143. The molecule has 0 aliphatic rings. The van der Waals surface area contributed by atoms with Crippen molar-refractivity contribution in [3.8, 4) is 17.6 Å². The van der Waals surface area contributed by atoms with E-state index in [4.69, 9.17) is 5.11 Å². The molecular formula is C7H6N2O2. The summed E-state index contributed by atoms with van der Waals surface area (Å²) in [7, 11) is 0. The average Bonchev–Trinajstić information content (AvgIpc) is 1.98. The van der Waals surface area contributed by atoms with E-state index in [2.05, 4.69) is 21.8 Å². The summed E-state index contributed by atoms with van der Waals surface area (Å²) in [4.78, 5) is 16.6. The van der Waals surface area contributed by atoms with Gasteiger partial charge in [-0.3, -0.25) is 9.78 Å². The Bertz CT molecular complexity index is 370. The Morgan fingerprint density at radius 1 is 1.73 bits per heavy atom. The van der Waals surface area contributed by atoms with Gasteiger partial charge in [0.05, 0.1) is 6.20 Å². The third-order valence-electron chi connectivity index (χ3n) is 1.02. The lowest BCUT2D eigenvalue weighted by Crippen LogP contribution is -2.07. The standard InChI is InChI=1S/C7H6N2O2/c1-2-3-6-8-4-5(10)7(11)9-6/h4,10H,1H3,(H,8,9,11). The second-order valence-corrected chi connectivity index (χ2v) is 1.82. The second kappa shape index (κ2) is 2.88. The van der Waals surface area contributed by atoms with Gasteiger partial charge >= 0.3 is 0 Å². The van der Waals surface area contributed by atoms with Gasteiger partial charge in [-0.1, -0.05) is 5.92 Å². The summed E-state index contributed by atoms with van der Waals surface area (Å²) in [5.41, 5.74) is -0.572. The number of aromatic hydroxyl groups is 1. The van der Waals surface area contributed by atoms with Crippen LogP contribution in [-0.4, -0.2) is 15.1 Å². The topological polar surface area (TPSA) is 66.0 Å². The molecule has 11 heavy (non-hydrogen) atoms. The van der Waals surface area contributed by atoms with Gasteiger partial charge in [0.25, 0.3) is 5.56 Å². The molecule has 0 unspecified atom stereocenters. The maximum Gasteiger partial charge on any atom is 0.293 e. The summed E-state index contributed by atoms with van der Waals surface area (Å²) in [6, 6.07) is 0. The molecule has 0 saturated carbocycles. The zero-order chi connectivity index (χ0) is 8.27. The molecule has 1 aromatic heterocycles. The van der Waals surface area contributed by atoms with E-state index in [-0.39, 0.29) is 5.82 Å². The fourth-order valence-electron chi connectivity index (χ4n) is 0.570. The monoisotopic (exact) mass is 150 g/mol. The molecule has 1 heterocycles. The van der Waals surface area contributed by atoms with E-state index in [9.17, 15) is 4.79 Å². The van der Waals surface area contributed by atoms with Crippen LogP contribution < -0.4 is 5.56 Å². The molecule has 56 valence electrons. The molecule has 1 aromatic rings. The number of nitrogens with one attached hydrogen (secondary N) is 1. The number of H-pyrrole nitrogens is 1. The first-order chi connectivity index (χ1) is 5.24. The third kappa shape index (κ3) is 1.58. The van der Waals surface area contributed by atoms with Crippen LogP contribution in [0.4, 0.5) is 0 Å². The molecule has 0 saturated heterocycles. The van der Waals surface area contributed by atoms with Gasteiger partial charge in [-0.05, 0) is 12.8 Å². The molecule has 0 aromatic carbocycles. The molecular weight excluding hydrogens is 144 g/mol. The van der Waals surface area contributed by atoms with Crippen LogP contribution in [0.15, 0.2) is 11.0 Å². The minimum atomic E-state index is -0.572. The van der Waals surface area contributed by atoms with Gasteiger partial charge in [0.1, 0.15) is 0 Å². The van der Waals surface area contributed by atoms with Crippen molar-refractivity contribution in [2.24, 2.45) is 0 Å². The largest absolute Gasteiger partial charge is 0.502 e. The third-order valence-corrected chi connectivity index (χ3v) is 1.02. The lowest BCUT2D eigenvalue weighted by molar-refractivity contribution is 0.463. The van der Waals surface area contributed by atoms with E-state index < -0.39 is 11.3 Å². The molecule has 0 fully saturated rings. The highest BCUT2D eigenvalue weighted by atomic mass is 16.3. The number of hydrogen-bond acceptors (Lipinski definition) is 3. The molecule has 0 radical (unpaired) electrons. The van der Waals surface area contributed by atoms with Crippen LogP contribution in [0.3, 0.4) is 0 Å². The average molecular weight is 150 g/mol. The highest BCUT2D eigenvalue weighted by Gasteiger charge is 1.95. The molecule has 0 aliphatic carbocycles. The van der Waals surface area contributed by atoms with E-state index >= 15 is 0 Å². The molecule has 0 amide bonds. The van der Waals surface area contributed by atoms with Crippen LogP contribution in [0.2, 0.25) is 0 Å². The van der Waals surface area contributed by atoms with Gasteiger partial charge in [-0.2, -0.15) is 0 Å². The zero-order valence-corrected chi connectivity index (χ0v) is 5.88. The first-order valence-corrected chi connectivity index (χ1v) is 2.95. The van der Waals surface area contributed by atoms with Crippen molar-refractivity contribution >= 4 is 0 Å². The smallest absolute Gasteiger partial charge is 0.293 e. The lowest BCUT2D eigenvalue weighted by atomic mass is 10.5. The van der Waals surface area contributed by atoms with Crippen molar-refractivity contribution in [2.45, 2.75) is 6.92 Å². The van der Waals surface area contributed by atoms with Crippen molar-refractivity contribution in [3.63, 3.8) is 0 Å². The van der Waals surface area contributed by atoms with Gasteiger partial charge in [0.2, 0.25) is 0 Å². The van der Waals surface area contributed by atoms with Crippen LogP contribution >= 0.6 is 0 Å². The predicted octanol–water partition coefficient (Wildman–Crippen LogP) is -0.153. The van der Waals surface area contributed by atoms with Crippen LogP contribution in [0.1, 0.15) is 12.7 Å². The summed E-state index contributed by atoms with van der Waals surface area (Å²) in [5, 5.41) is 8.76. The maximum atomic E-state index is 10.7. The molecule has 0 aliphatic heterocycles. The summed E-state index contributed by atoms with van der Waals surface area (Å²) >= 11 is 0. The Kier molecular flexibility index (Phi) is 1.93. The van der Waals surface area contributed by atoms with Gasteiger partial charge in [0.15, 0.2) is 11.6 Å². The molecule has 0 spiro atoms. The highest BCUT2D eigenvalue weighted by molar-refractivity contribution is 5.21. The fourth-order valence-corrected chi connectivity index (χ4v) is 0.570. The number of aromatic amines is 1. The van der Waals surface area contributed by atoms with E-state index in [1.54, 1.807) is 6.92 Å². The van der Waals surface area contributed by atoms with Crippen LogP contribution in [0.25, 0.3) is 0 Å². The SMILES string of the molecule is CC#Cc1ncc(O)c(=O)[nH]1. The quantitative estimate of drug-likeness (QED) is 0.505. The molecule has 4 nitrogen and oxygen atoms in total. The van der Waals surface area contributed by atoms with Gasteiger partial charge in [-0.15, -0.1) is 0 Å². The highest BCUT2D eigenvalue weighted by Crippen LogP contribution is 1.92. The number of aromatic nitrogens is 2. The minimum absolute atomic E-state index is 0.260. The van der Waals surface area contributed by atoms with Crippen molar-refractivity contribution in [3.05, 3.63) is 22.4 Å². The van der Waals surface area contributed by atoms with E-state index in [0.717, 1.165) is 6.20 Å². The van der Waals surface area contributed by atoms with Crippen LogP contribution in [0.5, 0.6) is 5.75 Å². The maximum absolute atomic E-state index is 10.7. The summed E-state index contributed by atoms with van der Waals surface area (Å²) in [6.07, 6.45) is 1.07. The summed E-state index contributed by atoms with van der Waals surface area (Å²) in [5.74, 6) is 4.98. The Balaban J connectivity index is 3.23. The van der Waals surface area contributed by atoms with Crippen molar-refractivity contribution in [1.29, 1.82) is 0 Å². The van der Waals surface area contributed by atoms with Gasteiger partial charge in [0, 0.05) is 0 Å². The van der Waals surface area contributed by atoms with E-state index in [1.807, 2.05) is 0 Å². The number of hydrogen-bond donors (Lipinski definition) is 2. The molecule has 2 N–H and O–H groups in total. The summed E-state index contributed by atoms with van der Waals surface area (Å²) in [6.45, 7) is 1.63. The summed E-state index contributed by atoms with van der Waals surface area (Å²) < 4.78 is 0. The molecule has 0 atom stereocenters. The van der Waals surface area contributed by atoms with E-state index in [1.165, 1.54) is 0 Å². The first-order valence-electron chi connectivity index (χ1n) is 2.95. The Hall–Kier alpha value is -1.76. The van der Waals surface area contributed by atoms with Gasteiger partial charge in [-0.25, -0.2) is 4.98 Å². The van der Waals surface area contributed by atoms with Crippen LogP contribution in [0, 0.1) is 11.8 Å². The lowest BCUT2D eigenvalue weighted by Gasteiger charge is -1.89.